The van der Waals surface area contributed by atoms with Crippen LogP contribution in [0.15, 0.2) is 24.3 Å². The lowest BCUT2D eigenvalue weighted by Gasteiger charge is -2.27. The standard InChI is InChI=1S/C12H14ClFO2/c1-2-12(15-8-9(7-13)16-12)10-5-3-4-6-11(10)14/h3-6,9H,2,7-8H2,1H3. The number of alkyl halides is 1. The average molecular weight is 245 g/mol. The number of ether oxygens (including phenoxy) is 2. The second-order valence-electron chi connectivity index (χ2n) is 3.79. The molecule has 1 aromatic rings. The Morgan fingerprint density at radius 2 is 2.25 bits per heavy atom. The van der Waals surface area contributed by atoms with E-state index in [9.17, 15) is 4.39 Å². The van der Waals surface area contributed by atoms with Gasteiger partial charge in [0.25, 0.3) is 0 Å². The van der Waals surface area contributed by atoms with Crippen LogP contribution in [0.25, 0.3) is 0 Å². The smallest absolute Gasteiger partial charge is 0.197 e. The number of rotatable bonds is 3. The van der Waals surface area contributed by atoms with Crippen LogP contribution in [-0.4, -0.2) is 18.6 Å². The Kier molecular flexibility index (Phi) is 3.47. The van der Waals surface area contributed by atoms with E-state index in [1.54, 1.807) is 18.2 Å². The van der Waals surface area contributed by atoms with Crippen LogP contribution in [-0.2, 0) is 15.3 Å². The van der Waals surface area contributed by atoms with Gasteiger partial charge in [0.05, 0.1) is 18.6 Å². The molecule has 1 saturated heterocycles. The highest BCUT2D eigenvalue weighted by molar-refractivity contribution is 6.18. The van der Waals surface area contributed by atoms with Crippen molar-refractivity contribution < 1.29 is 13.9 Å². The molecule has 1 fully saturated rings. The van der Waals surface area contributed by atoms with Gasteiger partial charge in [0.15, 0.2) is 5.79 Å². The predicted molar refractivity (Wildman–Crippen MR) is 59.9 cm³/mol. The molecular weight excluding hydrogens is 231 g/mol. The van der Waals surface area contributed by atoms with Crippen LogP contribution in [0.1, 0.15) is 18.9 Å². The van der Waals surface area contributed by atoms with Gasteiger partial charge < -0.3 is 9.47 Å². The first-order valence-electron chi connectivity index (χ1n) is 5.34. The summed E-state index contributed by atoms with van der Waals surface area (Å²) in [6.45, 7) is 2.31. The molecule has 1 aliphatic rings. The fourth-order valence-electron chi connectivity index (χ4n) is 1.93. The topological polar surface area (TPSA) is 18.5 Å². The van der Waals surface area contributed by atoms with E-state index in [1.807, 2.05) is 6.92 Å². The Bertz CT molecular complexity index is 372. The van der Waals surface area contributed by atoms with Crippen molar-refractivity contribution in [3.05, 3.63) is 35.6 Å². The third-order valence-corrected chi connectivity index (χ3v) is 3.13. The average Bonchev–Trinajstić information content (AvgIpc) is 2.74. The van der Waals surface area contributed by atoms with Crippen LogP contribution in [0.2, 0.25) is 0 Å². The number of halogens is 2. The summed E-state index contributed by atoms with van der Waals surface area (Å²) in [5, 5.41) is 0. The van der Waals surface area contributed by atoms with Crippen LogP contribution >= 0.6 is 11.6 Å². The van der Waals surface area contributed by atoms with Crippen molar-refractivity contribution in [2.45, 2.75) is 25.2 Å². The molecule has 2 unspecified atom stereocenters. The van der Waals surface area contributed by atoms with E-state index in [4.69, 9.17) is 21.1 Å². The summed E-state index contributed by atoms with van der Waals surface area (Å²) >= 11 is 5.72. The Labute approximate surface area is 99.3 Å². The molecule has 0 amide bonds. The summed E-state index contributed by atoms with van der Waals surface area (Å²) in [4.78, 5) is 0. The van der Waals surface area contributed by atoms with Gasteiger partial charge >= 0.3 is 0 Å². The van der Waals surface area contributed by atoms with Gasteiger partial charge in [-0.2, -0.15) is 0 Å². The molecule has 1 aromatic carbocycles. The molecule has 2 atom stereocenters. The Morgan fingerprint density at radius 3 is 2.81 bits per heavy atom. The lowest BCUT2D eigenvalue weighted by molar-refractivity contribution is -0.178. The van der Waals surface area contributed by atoms with Gasteiger partial charge in [-0.15, -0.1) is 11.6 Å². The lowest BCUT2D eigenvalue weighted by Crippen LogP contribution is -2.28. The van der Waals surface area contributed by atoms with Crippen molar-refractivity contribution in [3.8, 4) is 0 Å². The maximum Gasteiger partial charge on any atom is 0.197 e. The largest absolute Gasteiger partial charge is 0.343 e. The van der Waals surface area contributed by atoms with Gasteiger partial charge in [-0.05, 0) is 6.07 Å². The molecule has 88 valence electrons. The van der Waals surface area contributed by atoms with Crippen LogP contribution in [0, 0.1) is 5.82 Å². The van der Waals surface area contributed by atoms with Gasteiger partial charge in [0, 0.05) is 12.0 Å². The van der Waals surface area contributed by atoms with Crippen LogP contribution < -0.4 is 0 Å². The van der Waals surface area contributed by atoms with Crippen molar-refractivity contribution in [2.24, 2.45) is 0 Å². The summed E-state index contributed by atoms with van der Waals surface area (Å²) < 4.78 is 25.0. The molecule has 0 spiro atoms. The van der Waals surface area contributed by atoms with E-state index in [1.165, 1.54) is 6.07 Å². The summed E-state index contributed by atoms with van der Waals surface area (Å²) in [7, 11) is 0. The van der Waals surface area contributed by atoms with Crippen molar-refractivity contribution in [2.75, 3.05) is 12.5 Å². The van der Waals surface area contributed by atoms with E-state index >= 15 is 0 Å². The molecule has 0 radical (unpaired) electrons. The maximum absolute atomic E-state index is 13.7. The van der Waals surface area contributed by atoms with Crippen molar-refractivity contribution in [1.29, 1.82) is 0 Å². The molecule has 4 heteroatoms. The third kappa shape index (κ3) is 1.95. The number of benzene rings is 1. The SMILES string of the molecule is CCC1(c2ccccc2F)OCC(CCl)O1. The molecule has 0 aliphatic carbocycles. The first-order chi connectivity index (χ1) is 7.72. The first-order valence-corrected chi connectivity index (χ1v) is 5.88. The molecule has 2 rings (SSSR count). The zero-order valence-corrected chi connectivity index (χ0v) is 9.84. The van der Waals surface area contributed by atoms with Crippen molar-refractivity contribution in [1.82, 2.24) is 0 Å². The number of hydrogen-bond donors (Lipinski definition) is 0. The van der Waals surface area contributed by atoms with E-state index < -0.39 is 5.79 Å². The fraction of sp³-hybridized carbons (Fsp3) is 0.500. The predicted octanol–water partition coefficient (Wildman–Crippen LogP) is 3.04. The Balaban J connectivity index is 2.33. The lowest BCUT2D eigenvalue weighted by atomic mass is 10.0. The molecule has 2 nitrogen and oxygen atoms in total. The van der Waals surface area contributed by atoms with Gasteiger partial charge in [-0.25, -0.2) is 4.39 Å². The number of hydrogen-bond acceptors (Lipinski definition) is 2. The van der Waals surface area contributed by atoms with Gasteiger partial charge in [0.2, 0.25) is 0 Å². The van der Waals surface area contributed by atoms with Crippen LogP contribution in [0.5, 0.6) is 0 Å². The van der Waals surface area contributed by atoms with Gasteiger partial charge in [0.1, 0.15) is 5.82 Å². The summed E-state index contributed by atoms with van der Waals surface area (Å²) in [5.74, 6) is -0.916. The highest BCUT2D eigenvalue weighted by atomic mass is 35.5. The zero-order valence-electron chi connectivity index (χ0n) is 9.08. The molecule has 0 bridgehead atoms. The Morgan fingerprint density at radius 1 is 1.50 bits per heavy atom. The second kappa shape index (κ2) is 4.70. The molecular formula is C12H14ClFO2. The maximum atomic E-state index is 13.7. The molecule has 16 heavy (non-hydrogen) atoms. The van der Waals surface area contributed by atoms with Crippen LogP contribution in [0.4, 0.5) is 4.39 Å². The fourth-order valence-corrected chi connectivity index (χ4v) is 2.08. The molecule has 0 aromatic heterocycles. The highest BCUT2D eigenvalue weighted by Gasteiger charge is 2.42. The van der Waals surface area contributed by atoms with Crippen molar-refractivity contribution >= 4 is 11.6 Å². The van der Waals surface area contributed by atoms with Crippen LogP contribution in [0.3, 0.4) is 0 Å². The molecule has 0 saturated carbocycles. The molecule has 1 heterocycles. The minimum Gasteiger partial charge on any atom is -0.343 e. The molecule has 0 N–H and O–H groups in total. The molecule has 1 aliphatic heterocycles. The van der Waals surface area contributed by atoms with Gasteiger partial charge in [-0.3, -0.25) is 0 Å². The normalized spacial score (nSPS) is 29.6. The monoisotopic (exact) mass is 244 g/mol. The van der Waals surface area contributed by atoms with Gasteiger partial charge in [-0.1, -0.05) is 25.1 Å². The summed E-state index contributed by atoms with van der Waals surface area (Å²) in [6, 6.07) is 6.52. The van der Waals surface area contributed by atoms with E-state index in [0.29, 0.717) is 24.5 Å². The second-order valence-corrected chi connectivity index (χ2v) is 4.10. The van der Waals surface area contributed by atoms with E-state index in [0.717, 1.165) is 0 Å². The minimum atomic E-state index is -0.967. The quantitative estimate of drug-likeness (QED) is 0.761. The highest BCUT2D eigenvalue weighted by Crippen LogP contribution is 2.38. The Hall–Kier alpha value is -0.640. The zero-order chi connectivity index (χ0) is 11.6. The summed E-state index contributed by atoms with van der Waals surface area (Å²) in [5.41, 5.74) is 0.449. The van der Waals surface area contributed by atoms with E-state index in [-0.39, 0.29) is 11.9 Å². The van der Waals surface area contributed by atoms with Crippen molar-refractivity contribution in [3.63, 3.8) is 0 Å². The van der Waals surface area contributed by atoms with E-state index in [2.05, 4.69) is 0 Å². The minimum absolute atomic E-state index is 0.166. The first kappa shape index (κ1) is 11.8. The summed E-state index contributed by atoms with van der Waals surface area (Å²) in [6.07, 6.45) is 0.391. The third-order valence-electron chi connectivity index (χ3n) is 2.78.